The zero-order valence-electron chi connectivity index (χ0n) is 13.9. The molecule has 3 N–H and O–H groups in total. The van der Waals surface area contributed by atoms with Crippen LogP contribution < -0.4 is 10.5 Å². The molecular weight excluding hydrogens is 360 g/mol. The number of benzene rings is 2. The molecule has 25 heavy (non-hydrogen) atoms. The smallest absolute Gasteiger partial charge is 0.251 e. The Morgan fingerprint density at radius 3 is 2.52 bits per heavy atom. The predicted molar refractivity (Wildman–Crippen MR) is 97.9 cm³/mol. The van der Waals surface area contributed by atoms with Gasteiger partial charge in [0, 0.05) is 28.4 Å². The minimum Gasteiger partial charge on any atom is -0.346 e. The zero-order chi connectivity index (χ0) is 18.6. The van der Waals surface area contributed by atoms with Crippen LogP contribution >= 0.6 is 0 Å². The molecule has 0 fully saturated rings. The van der Waals surface area contributed by atoms with Crippen LogP contribution in [-0.4, -0.2) is 24.8 Å². The Morgan fingerprint density at radius 1 is 1.20 bits per heavy atom. The van der Waals surface area contributed by atoms with E-state index in [1.165, 1.54) is 12.1 Å². The molecule has 2 unspecified atom stereocenters. The van der Waals surface area contributed by atoms with E-state index in [1.807, 2.05) is 6.07 Å². The number of carbonyl (C=O) groups is 1. The van der Waals surface area contributed by atoms with Crippen molar-refractivity contribution in [2.24, 2.45) is 5.14 Å². The Balaban J connectivity index is 2.16. The topological polar surface area (TPSA) is 106 Å². The molecule has 0 aromatic heterocycles. The average molecular weight is 380 g/mol. The van der Waals surface area contributed by atoms with E-state index in [0.717, 1.165) is 5.56 Å². The maximum atomic E-state index is 12.4. The highest BCUT2D eigenvalue weighted by molar-refractivity contribution is 7.89. The van der Waals surface area contributed by atoms with Crippen LogP contribution in [0, 0.1) is 0 Å². The van der Waals surface area contributed by atoms with Crippen molar-refractivity contribution in [3.63, 3.8) is 0 Å². The fourth-order valence-electron chi connectivity index (χ4n) is 2.36. The van der Waals surface area contributed by atoms with Crippen molar-refractivity contribution >= 4 is 26.7 Å². The third-order valence-corrected chi connectivity index (χ3v) is 5.24. The average Bonchev–Trinajstić information content (AvgIpc) is 2.53. The summed E-state index contributed by atoms with van der Waals surface area (Å²) in [6, 6.07) is 12.7. The number of sulfonamides is 1. The van der Waals surface area contributed by atoms with Crippen LogP contribution in [0.15, 0.2) is 53.4 Å². The molecule has 0 saturated heterocycles. The summed E-state index contributed by atoms with van der Waals surface area (Å²) >= 11 is 0. The molecule has 0 spiro atoms. The van der Waals surface area contributed by atoms with Gasteiger partial charge in [-0.3, -0.25) is 9.00 Å². The number of primary sulfonamides is 1. The van der Waals surface area contributed by atoms with Crippen LogP contribution in [0.3, 0.4) is 0 Å². The number of hydrogen-bond donors (Lipinski definition) is 2. The molecule has 0 heterocycles. The molecule has 1 amide bonds. The Morgan fingerprint density at radius 2 is 1.88 bits per heavy atom. The van der Waals surface area contributed by atoms with E-state index < -0.39 is 26.9 Å². The second-order valence-corrected chi connectivity index (χ2v) is 8.73. The quantitative estimate of drug-likeness (QED) is 0.795. The molecule has 8 heteroatoms. The molecule has 2 aromatic carbocycles. The largest absolute Gasteiger partial charge is 0.346 e. The summed E-state index contributed by atoms with van der Waals surface area (Å²) < 4.78 is 34.2. The maximum Gasteiger partial charge on any atom is 0.251 e. The van der Waals surface area contributed by atoms with Gasteiger partial charge in [0.15, 0.2) is 0 Å². The van der Waals surface area contributed by atoms with Crippen molar-refractivity contribution in [2.45, 2.75) is 23.6 Å². The second-order valence-electron chi connectivity index (χ2n) is 5.73. The Bertz CT molecular complexity index is 910. The van der Waals surface area contributed by atoms with Gasteiger partial charge in [-0.15, -0.1) is 0 Å². The SMILES string of the molecule is CC(NC(=O)c1cccc(CS(C)=O)c1)c1cccc(S(N)(=O)=O)c1. The lowest BCUT2D eigenvalue weighted by molar-refractivity contribution is 0.0939. The van der Waals surface area contributed by atoms with Crippen LogP contribution in [0.1, 0.15) is 34.5 Å². The van der Waals surface area contributed by atoms with Gasteiger partial charge in [-0.1, -0.05) is 24.3 Å². The third-order valence-electron chi connectivity index (χ3n) is 3.59. The van der Waals surface area contributed by atoms with E-state index in [9.17, 15) is 17.4 Å². The standard InChI is InChI=1S/C17H20N2O4S2/c1-12(14-6-4-8-16(10-14)25(18,22)23)19-17(20)15-7-3-5-13(9-15)11-24(2)21/h3-10,12H,11H2,1-2H3,(H,19,20)(H2,18,22,23). The van der Waals surface area contributed by atoms with E-state index in [1.54, 1.807) is 43.5 Å². The van der Waals surface area contributed by atoms with Gasteiger partial charge < -0.3 is 5.32 Å². The molecule has 2 rings (SSSR count). The molecule has 2 atom stereocenters. The molecule has 0 aliphatic heterocycles. The number of hydrogen-bond acceptors (Lipinski definition) is 4. The molecule has 0 saturated carbocycles. The molecule has 0 bridgehead atoms. The number of nitrogens with one attached hydrogen (secondary N) is 1. The molecule has 0 aliphatic rings. The first-order valence-corrected chi connectivity index (χ1v) is 10.8. The van der Waals surface area contributed by atoms with E-state index in [0.29, 0.717) is 16.9 Å². The second kappa shape index (κ2) is 7.90. The third kappa shape index (κ3) is 5.48. The van der Waals surface area contributed by atoms with Crippen molar-refractivity contribution in [2.75, 3.05) is 6.26 Å². The summed E-state index contributed by atoms with van der Waals surface area (Å²) in [5, 5.41) is 7.96. The highest BCUT2D eigenvalue weighted by Crippen LogP contribution is 2.17. The van der Waals surface area contributed by atoms with E-state index in [-0.39, 0.29) is 10.8 Å². The molecule has 134 valence electrons. The van der Waals surface area contributed by atoms with Crippen molar-refractivity contribution in [1.29, 1.82) is 0 Å². The summed E-state index contributed by atoms with van der Waals surface area (Å²) in [5.74, 6) is 0.0878. The van der Waals surface area contributed by atoms with Crippen LogP contribution in [0.25, 0.3) is 0 Å². The van der Waals surface area contributed by atoms with Crippen LogP contribution in [0.5, 0.6) is 0 Å². The van der Waals surface area contributed by atoms with Gasteiger partial charge in [-0.25, -0.2) is 13.6 Å². The first-order chi connectivity index (χ1) is 11.7. The predicted octanol–water partition coefficient (Wildman–Crippen LogP) is 1.70. The lowest BCUT2D eigenvalue weighted by atomic mass is 10.1. The number of carbonyl (C=O) groups excluding carboxylic acids is 1. The van der Waals surface area contributed by atoms with Crippen LogP contribution in [0.2, 0.25) is 0 Å². The lowest BCUT2D eigenvalue weighted by Gasteiger charge is -2.15. The Kier molecular flexibility index (Phi) is 6.10. The first kappa shape index (κ1) is 19.3. The van der Waals surface area contributed by atoms with Gasteiger partial charge in [-0.2, -0.15) is 0 Å². The molecule has 0 radical (unpaired) electrons. The van der Waals surface area contributed by atoms with Crippen molar-refractivity contribution in [3.8, 4) is 0 Å². The van der Waals surface area contributed by atoms with Gasteiger partial charge in [-0.05, 0) is 42.3 Å². The Labute approximate surface area is 149 Å². The highest BCUT2D eigenvalue weighted by atomic mass is 32.2. The monoisotopic (exact) mass is 380 g/mol. The lowest BCUT2D eigenvalue weighted by Crippen LogP contribution is -2.27. The maximum absolute atomic E-state index is 12.4. The van der Waals surface area contributed by atoms with Gasteiger partial charge in [0.05, 0.1) is 10.9 Å². The summed E-state index contributed by atoms with van der Waals surface area (Å²) in [6.07, 6.45) is 1.60. The summed E-state index contributed by atoms with van der Waals surface area (Å²) in [6.45, 7) is 1.76. The summed E-state index contributed by atoms with van der Waals surface area (Å²) in [4.78, 5) is 12.4. The number of rotatable bonds is 6. The van der Waals surface area contributed by atoms with Crippen LogP contribution in [-0.2, 0) is 26.6 Å². The van der Waals surface area contributed by atoms with Crippen molar-refractivity contribution < 1.29 is 17.4 Å². The number of amides is 1. The molecule has 0 aliphatic carbocycles. The minimum atomic E-state index is -3.80. The van der Waals surface area contributed by atoms with Gasteiger partial charge in [0.2, 0.25) is 10.0 Å². The van der Waals surface area contributed by atoms with E-state index >= 15 is 0 Å². The first-order valence-electron chi connectivity index (χ1n) is 7.49. The van der Waals surface area contributed by atoms with Crippen LogP contribution in [0.4, 0.5) is 0 Å². The number of nitrogens with two attached hydrogens (primary N) is 1. The highest BCUT2D eigenvalue weighted by Gasteiger charge is 2.15. The Hall–Kier alpha value is -2.03. The summed E-state index contributed by atoms with van der Waals surface area (Å²) in [5.41, 5.74) is 1.90. The normalized spacial score (nSPS) is 13.9. The van der Waals surface area contributed by atoms with Crippen molar-refractivity contribution in [3.05, 3.63) is 65.2 Å². The zero-order valence-corrected chi connectivity index (χ0v) is 15.6. The summed E-state index contributed by atoms with van der Waals surface area (Å²) in [7, 11) is -4.79. The van der Waals surface area contributed by atoms with Gasteiger partial charge in [0.25, 0.3) is 5.91 Å². The van der Waals surface area contributed by atoms with Gasteiger partial charge >= 0.3 is 0 Å². The molecule has 2 aromatic rings. The van der Waals surface area contributed by atoms with Gasteiger partial charge in [0.1, 0.15) is 0 Å². The fraction of sp³-hybridized carbons (Fsp3) is 0.235. The minimum absolute atomic E-state index is 0.00137. The fourth-order valence-corrected chi connectivity index (χ4v) is 3.58. The van der Waals surface area contributed by atoms with Crippen molar-refractivity contribution in [1.82, 2.24) is 5.32 Å². The molecular formula is C17H20N2O4S2. The molecule has 6 nitrogen and oxygen atoms in total. The van der Waals surface area contributed by atoms with E-state index in [4.69, 9.17) is 5.14 Å². The van der Waals surface area contributed by atoms with E-state index in [2.05, 4.69) is 5.32 Å².